The van der Waals surface area contributed by atoms with Crippen LogP contribution in [0.5, 0.6) is 0 Å². The molecule has 5 heteroatoms. The first kappa shape index (κ1) is 12.3. The van der Waals surface area contributed by atoms with Crippen molar-refractivity contribution in [2.45, 2.75) is 6.92 Å². The van der Waals surface area contributed by atoms with Crippen LogP contribution in [0.1, 0.15) is 22.8 Å². The molecule has 0 atom stereocenters. The molecular weight excluding hydrogens is 328 g/mol. The number of rotatable bonds is 2. The summed E-state index contributed by atoms with van der Waals surface area (Å²) in [5.41, 5.74) is 0.685. The lowest BCUT2D eigenvalue weighted by molar-refractivity contribution is 0.0526. The number of halogens is 2. The van der Waals surface area contributed by atoms with Crippen LogP contribution in [0.4, 0.5) is 0 Å². The lowest BCUT2D eigenvalue weighted by Crippen LogP contribution is -2.05. The number of hydrogen-bond acceptors (Lipinski definition) is 3. The highest BCUT2D eigenvalue weighted by Gasteiger charge is 2.12. The minimum absolute atomic E-state index is 0.296. The van der Waals surface area contributed by atoms with Gasteiger partial charge in [0, 0.05) is 3.57 Å². The molecule has 0 fully saturated rings. The molecule has 0 N–H and O–H groups in total. The molecule has 15 heavy (non-hydrogen) atoms. The van der Waals surface area contributed by atoms with E-state index in [1.165, 1.54) is 12.1 Å². The summed E-state index contributed by atoms with van der Waals surface area (Å²) in [5.74, 6) is -0.465. The highest BCUT2D eigenvalue weighted by atomic mass is 127. The molecule has 0 unspecified atom stereocenters. The van der Waals surface area contributed by atoms with Crippen molar-refractivity contribution < 1.29 is 9.53 Å². The van der Waals surface area contributed by atoms with E-state index >= 15 is 0 Å². The van der Waals surface area contributed by atoms with Crippen molar-refractivity contribution in [3.63, 3.8) is 0 Å². The summed E-state index contributed by atoms with van der Waals surface area (Å²) >= 11 is 7.84. The molecule has 0 aliphatic heterocycles. The molecule has 0 spiro atoms. The third-order valence-electron chi connectivity index (χ3n) is 1.66. The number of carbonyl (C=O) groups is 1. The van der Waals surface area contributed by atoms with Crippen LogP contribution in [0.15, 0.2) is 12.1 Å². The average Bonchev–Trinajstić information content (AvgIpc) is 2.22. The number of ether oxygens (including phenoxy) is 1. The Balaban J connectivity index is 3.18. The van der Waals surface area contributed by atoms with Crippen molar-refractivity contribution in [2.24, 2.45) is 0 Å². The second-order valence-corrected chi connectivity index (χ2v) is 4.14. The minimum Gasteiger partial charge on any atom is -0.462 e. The van der Waals surface area contributed by atoms with E-state index in [0.717, 1.165) is 0 Å². The maximum Gasteiger partial charge on any atom is 0.338 e. The fourth-order valence-electron chi connectivity index (χ4n) is 1.00. The Labute approximate surface area is 106 Å². The predicted octanol–water partition coefficient (Wildman–Crippen LogP) is 2.99. The van der Waals surface area contributed by atoms with Gasteiger partial charge in [-0.1, -0.05) is 11.6 Å². The molecule has 0 saturated carbocycles. The normalized spacial score (nSPS) is 9.47. The van der Waals surface area contributed by atoms with E-state index in [1.54, 1.807) is 6.92 Å². The van der Waals surface area contributed by atoms with Crippen LogP contribution >= 0.6 is 34.2 Å². The molecule has 0 aliphatic carbocycles. The molecule has 0 aliphatic rings. The van der Waals surface area contributed by atoms with Gasteiger partial charge in [0.15, 0.2) is 0 Å². The van der Waals surface area contributed by atoms with Crippen molar-refractivity contribution in [3.05, 3.63) is 31.9 Å². The molecule has 78 valence electrons. The molecule has 0 amide bonds. The molecule has 0 aromatic heterocycles. The van der Waals surface area contributed by atoms with Crippen LogP contribution in [-0.4, -0.2) is 12.6 Å². The van der Waals surface area contributed by atoms with E-state index in [9.17, 15) is 4.79 Å². The summed E-state index contributed by atoms with van der Waals surface area (Å²) in [7, 11) is 0. The van der Waals surface area contributed by atoms with Gasteiger partial charge in [0.25, 0.3) is 0 Å². The number of esters is 1. The first-order chi connectivity index (χ1) is 7.10. The van der Waals surface area contributed by atoms with Gasteiger partial charge in [-0.2, -0.15) is 5.26 Å². The Kier molecular flexibility index (Phi) is 4.36. The summed E-state index contributed by atoms with van der Waals surface area (Å²) in [6.45, 7) is 2.02. The molecule has 1 rings (SSSR count). The molecule has 0 radical (unpaired) electrons. The topological polar surface area (TPSA) is 50.1 Å². The summed E-state index contributed by atoms with van der Waals surface area (Å²) < 4.78 is 5.46. The number of nitrogens with zero attached hydrogens (tertiary/aromatic N) is 1. The Bertz CT molecular complexity index is 440. The van der Waals surface area contributed by atoms with Crippen LogP contribution in [0, 0.1) is 14.9 Å². The average molecular weight is 336 g/mol. The van der Waals surface area contributed by atoms with Crippen LogP contribution in [-0.2, 0) is 4.74 Å². The second kappa shape index (κ2) is 5.33. The van der Waals surface area contributed by atoms with Gasteiger partial charge in [0.2, 0.25) is 0 Å². The summed E-state index contributed by atoms with van der Waals surface area (Å²) in [5, 5.41) is 9.20. The Morgan fingerprint density at radius 3 is 2.87 bits per heavy atom. The fraction of sp³-hybridized carbons (Fsp3) is 0.200. The second-order valence-electron chi connectivity index (χ2n) is 2.65. The SMILES string of the molecule is CCOC(=O)c1cc(Cl)c(I)c(C#N)c1. The standard InChI is InChI=1S/C10H7ClINO2/c1-2-15-10(14)6-3-7(5-13)9(12)8(11)4-6/h3-4H,2H2,1H3. The third kappa shape index (κ3) is 2.83. The van der Waals surface area contributed by atoms with Crippen molar-refractivity contribution in [1.29, 1.82) is 5.26 Å². The minimum atomic E-state index is -0.465. The van der Waals surface area contributed by atoms with E-state index in [0.29, 0.717) is 26.3 Å². The van der Waals surface area contributed by atoms with Gasteiger partial charge < -0.3 is 4.74 Å². The molecule has 0 heterocycles. The van der Waals surface area contributed by atoms with E-state index in [4.69, 9.17) is 21.6 Å². The number of nitriles is 1. The van der Waals surface area contributed by atoms with Gasteiger partial charge in [0.05, 0.1) is 22.8 Å². The first-order valence-corrected chi connectivity index (χ1v) is 5.62. The summed E-state index contributed by atoms with van der Waals surface area (Å²) in [6, 6.07) is 4.95. The van der Waals surface area contributed by atoms with Crippen molar-refractivity contribution >= 4 is 40.2 Å². The largest absolute Gasteiger partial charge is 0.462 e. The van der Waals surface area contributed by atoms with E-state index in [-0.39, 0.29) is 0 Å². The molecule has 0 saturated heterocycles. The summed E-state index contributed by atoms with van der Waals surface area (Å²) in [4.78, 5) is 11.4. The van der Waals surface area contributed by atoms with Crippen molar-refractivity contribution in [2.75, 3.05) is 6.61 Å². The van der Waals surface area contributed by atoms with E-state index < -0.39 is 5.97 Å². The lowest BCUT2D eigenvalue weighted by atomic mass is 10.1. The highest BCUT2D eigenvalue weighted by molar-refractivity contribution is 14.1. The zero-order valence-corrected chi connectivity index (χ0v) is 10.8. The van der Waals surface area contributed by atoms with Crippen LogP contribution in [0.25, 0.3) is 0 Å². The van der Waals surface area contributed by atoms with E-state index in [1.807, 2.05) is 28.7 Å². The fourth-order valence-corrected chi connectivity index (χ4v) is 1.65. The lowest BCUT2D eigenvalue weighted by Gasteiger charge is -2.04. The van der Waals surface area contributed by atoms with Gasteiger partial charge in [0.1, 0.15) is 6.07 Å². The van der Waals surface area contributed by atoms with Gasteiger partial charge in [-0.05, 0) is 41.6 Å². The summed E-state index contributed by atoms with van der Waals surface area (Å²) in [6.07, 6.45) is 0. The molecule has 1 aromatic carbocycles. The number of carbonyl (C=O) groups excluding carboxylic acids is 1. The maximum absolute atomic E-state index is 11.4. The highest BCUT2D eigenvalue weighted by Crippen LogP contribution is 2.24. The molecule has 3 nitrogen and oxygen atoms in total. The maximum atomic E-state index is 11.4. The smallest absolute Gasteiger partial charge is 0.338 e. The monoisotopic (exact) mass is 335 g/mol. The Morgan fingerprint density at radius 1 is 1.67 bits per heavy atom. The van der Waals surface area contributed by atoms with Crippen LogP contribution < -0.4 is 0 Å². The van der Waals surface area contributed by atoms with E-state index in [2.05, 4.69) is 0 Å². The predicted molar refractivity (Wildman–Crippen MR) is 64.8 cm³/mol. The van der Waals surface area contributed by atoms with Gasteiger partial charge in [-0.25, -0.2) is 4.79 Å². The molecular formula is C10H7ClINO2. The quantitative estimate of drug-likeness (QED) is 0.617. The van der Waals surface area contributed by atoms with Gasteiger partial charge in [-0.15, -0.1) is 0 Å². The Morgan fingerprint density at radius 2 is 2.33 bits per heavy atom. The van der Waals surface area contributed by atoms with Gasteiger partial charge in [-0.3, -0.25) is 0 Å². The molecule has 1 aromatic rings. The number of benzene rings is 1. The van der Waals surface area contributed by atoms with Crippen molar-refractivity contribution in [3.8, 4) is 6.07 Å². The third-order valence-corrected chi connectivity index (χ3v) is 3.44. The van der Waals surface area contributed by atoms with Gasteiger partial charge >= 0.3 is 5.97 Å². The zero-order chi connectivity index (χ0) is 11.4. The zero-order valence-electron chi connectivity index (χ0n) is 7.88. The molecule has 0 bridgehead atoms. The first-order valence-electron chi connectivity index (χ1n) is 4.16. The number of hydrogen-bond donors (Lipinski definition) is 0. The Hall–Kier alpha value is -0.800. The van der Waals surface area contributed by atoms with Crippen molar-refractivity contribution in [1.82, 2.24) is 0 Å². The van der Waals surface area contributed by atoms with Crippen LogP contribution in [0.3, 0.4) is 0 Å². The van der Waals surface area contributed by atoms with Crippen LogP contribution in [0.2, 0.25) is 5.02 Å².